The molecule has 1 aliphatic heterocycles. The molecule has 0 bridgehead atoms. The van der Waals surface area contributed by atoms with Crippen molar-refractivity contribution in [3.8, 4) is 0 Å². The molecule has 1 saturated heterocycles. The first-order valence-electron chi connectivity index (χ1n) is 6.39. The first-order chi connectivity index (χ1) is 8.83. The van der Waals surface area contributed by atoms with Gasteiger partial charge in [0, 0.05) is 23.5 Å². The number of fused-ring (bicyclic) bond motifs is 1. The molecule has 1 atom stereocenters. The van der Waals surface area contributed by atoms with E-state index in [1.807, 2.05) is 30.5 Å². The van der Waals surface area contributed by atoms with E-state index in [1.54, 1.807) is 0 Å². The van der Waals surface area contributed by atoms with E-state index < -0.39 is 0 Å². The fraction of sp³-hybridized carbons (Fsp3) is 0.357. The molecule has 3 rings (SSSR count). The first-order valence-corrected chi connectivity index (χ1v) is 6.39. The minimum absolute atomic E-state index is 0.105. The quantitative estimate of drug-likeness (QED) is 0.773. The Labute approximate surface area is 106 Å². The number of nitrogens with one attached hydrogen (secondary N) is 3. The molecule has 1 unspecified atom stereocenters. The summed E-state index contributed by atoms with van der Waals surface area (Å²) in [6.07, 6.45) is 3.56. The summed E-state index contributed by atoms with van der Waals surface area (Å²) in [4.78, 5) is 15.1. The Bertz CT molecular complexity index is 555. The monoisotopic (exact) mass is 243 g/mol. The van der Waals surface area contributed by atoms with Gasteiger partial charge in [0.2, 0.25) is 5.91 Å². The molecule has 1 amide bonds. The second kappa shape index (κ2) is 4.82. The Morgan fingerprint density at radius 3 is 3.11 bits per heavy atom. The van der Waals surface area contributed by atoms with Crippen molar-refractivity contribution in [2.45, 2.75) is 12.8 Å². The first kappa shape index (κ1) is 11.3. The highest BCUT2D eigenvalue weighted by Gasteiger charge is 2.18. The van der Waals surface area contributed by atoms with E-state index >= 15 is 0 Å². The summed E-state index contributed by atoms with van der Waals surface area (Å²) >= 11 is 0. The third-order valence-electron chi connectivity index (χ3n) is 3.50. The van der Waals surface area contributed by atoms with Gasteiger partial charge in [-0.3, -0.25) is 4.79 Å². The Balaban J connectivity index is 1.70. The summed E-state index contributed by atoms with van der Waals surface area (Å²) in [6.45, 7) is 1.99. The van der Waals surface area contributed by atoms with Gasteiger partial charge in [-0.1, -0.05) is 18.2 Å². The number of aromatic nitrogens is 1. The zero-order chi connectivity index (χ0) is 12.4. The van der Waals surface area contributed by atoms with Crippen molar-refractivity contribution in [1.82, 2.24) is 10.3 Å². The number of carbonyl (C=O) groups is 1. The summed E-state index contributed by atoms with van der Waals surface area (Å²) in [7, 11) is 0. The average Bonchev–Trinajstić information content (AvgIpc) is 3.00. The molecule has 0 radical (unpaired) electrons. The smallest absolute Gasteiger partial charge is 0.224 e. The maximum absolute atomic E-state index is 12.0. The van der Waals surface area contributed by atoms with Gasteiger partial charge < -0.3 is 15.6 Å². The molecule has 1 aromatic heterocycles. The summed E-state index contributed by atoms with van der Waals surface area (Å²) in [5, 5.41) is 7.34. The largest absolute Gasteiger partial charge is 0.359 e. The lowest BCUT2D eigenvalue weighted by Gasteiger charge is -2.08. The van der Waals surface area contributed by atoms with Crippen LogP contribution in [0.3, 0.4) is 0 Å². The van der Waals surface area contributed by atoms with E-state index in [0.717, 1.165) is 36.1 Å². The van der Waals surface area contributed by atoms with E-state index in [9.17, 15) is 4.79 Å². The number of aromatic amines is 1. The van der Waals surface area contributed by atoms with Crippen LogP contribution in [0.25, 0.3) is 10.9 Å². The van der Waals surface area contributed by atoms with Gasteiger partial charge in [0.05, 0.1) is 5.69 Å². The van der Waals surface area contributed by atoms with E-state index in [-0.39, 0.29) is 5.91 Å². The van der Waals surface area contributed by atoms with E-state index in [1.165, 1.54) is 0 Å². The SMILES string of the molecule is O=C(CC1CCNC1)Nc1c[nH]c2ccccc12. The third kappa shape index (κ3) is 2.24. The standard InChI is InChI=1S/C14H17N3O/c18-14(7-10-5-6-15-8-10)17-13-9-16-12-4-2-1-3-11(12)13/h1-4,9-10,15-16H,5-8H2,(H,17,18). The Morgan fingerprint density at radius 1 is 1.39 bits per heavy atom. The zero-order valence-electron chi connectivity index (χ0n) is 10.2. The number of anilines is 1. The normalized spacial score (nSPS) is 19.2. The lowest BCUT2D eigenvalue weighted by Crippen LogP contribution is -2.18. The van der Waals surface area contributed by atoms with Crippen LogP contribution >= 0.6 is 0 Å². The highest BCUT2D eigenvalue weighted by atomic mass is 16.1. The predicted molar refractivity (Wildman–Crippen MR) is 72.5 cm³/mol. The number of para-hydroxylation sites is 1. The lowest BCUT2D eigenvalue weighted by molar-refractivity contribution is -0.116. The molecule has 0 saturated carbocycles. The number of rotatable bonds is 3. The molecule has 1 aromatic carbocycles. The maximum atomic E-state index is 12.0. The fourth-order valence-corrected chi connectivity index (χ4v) is 2.53. The molecule has 2 aromatic rings. The number of amides is 1. The Morgan fingerprint density at radius 2 is 2.28 bits per heavy atom. The van der Waals surface area contributed by atoms with Gasteiger partial charge in [0.15, 0.2) is 0 Å². The molecule has 2 heterocycles. The van der Waals surface area contributed by atoms with Crippen molar-refractivity contribution >= 4 is 22.5 Å². The minimum Gasteiger partial charge on any atom is -0.359 e. The second-order valence-corrected chi connectivity index (χ2v) is 4.86. The second-order valence-electron chi connectivity index (χ2n) is 4.86. The van der Waals surface area contributed by atoms with Gasteiger partial charge in [-0.2, -0.15) is 0 Å². The van der Waals surface area contributed by atoms with Crippen LogP contribution in [0.5, 0.6) is 0 Å². The van der Waals surface area contributed by atoms with Gasteiger partial charge in [-0.05, 0) is 31.5 Å². The van der Waals surface area contributed by atoms with Gasteiger partial charge in [0.25, 0.3) is 0 Å². The summed E-state index contributed by atoms with van der Waals surface area (Å²) in [6, 6.07) is 7.98. The van der Waals surface area contributed by atoms with Crippen molar-refractivity contribution in [3.63, 3.8) is 0 Å². The molecule has 1 aliphatic rings. The molecule has 0 aliphatic carbocycles. The van der Waals surface area contributed by atoms with Crippen molar-refractivity contribution < 1.29 is 4.79 Å². The number of hydrogen-bond donors (Lipinski definition) is 3. The molecule has 4 heteroatoms. The van der Waals surface area contributed by atoms with Crippen LogP contribution in [-0.2, 0) is 4.79 Å². The van der Waals surface area contributed by atoms with E-state index in [4.69, 9.17) is 0 Å². The molecule has 3 N–H and O–H groups in total. The number of benzene rings is 1. The van der Waals surface area contributed by atoms with Gasteiger partial charge >= 0.3 is 0 Å². The van der Waals surface area contributed by atoms with Crippen LogP contribution in [0.15, 0.2) is 30.5 Å². The van der Waals surface area contributed by atoms with Crippen LogP contribution in [0.2, 0.25) is 0 Å². The van der Waals surface area contributed by atoms with Crippen molar-refractivity contribution in [1.29, 1.82) is 0 Å². The number of carbonyl (C=O) groups excluding carboxylic acids is 1. The maximum Gasteiger partial charge on any atom is 0.224 e. The van der Waals surface area contributed by atoms with Crippen LogP contribution < -0.4 is 10.6 Å². The van der Waals surface area contributed by atoms with Gasteiger partial charge in [-0.15, -0.1) is 0 Å². The highest BCUT2D eigenvalue weighted by Crippen LogP contribution is 2.23. The molecular weight excluding hydrogens is 226 g/mol. The summed E-state index contributed by atoms with van der Waals surface area (Å²) in [5.74, 6) is 0.587. The molecule has 4 nitrogen and oxygen atoms in total. The van der Waals surface area contributed by atoms with E-state index in [0.29, 0.717) is 12.3 Å². The number of hydrogen-bond acceptors (Lipinski definition) is 2. The Hall–Kier alpha value is -1.81. The topological polar surface area (TPSA) is 56.9 Å². The molecule has 1 fully saturated rings. The molecule has 94 valence electrons. The molecule has 0 spiro atoms. The van der Waals surface area contributed by atoms with Crippen LogP contribution in [-0.4, -0.2) is 24.0 Å². The summed E-state index contributed by atoms with van der Waals surface area (Å²) in [5.41, 5.74) is 1.93. The van der Waals surface area contributed by atoms with Crippen LogP contribution in [0.4, 0.5) is 5.69 Å². The Kier molecular flexibility index (Phi) is 3.02. The summed E-state index contributed by atoms with van der Waals surface area (Å²) < 4.78 is 0. The van der Waals surface area contributed by atoms with E-state index in [2.05, 4.69) is 15.6 Å². The van der Waals surface area contributed by atoms with Crippen molar-refractivity contribution in [2.75, 3.05) is 18.4 Å². The highest BCUT2D eigenvalue weighted by molar-refractivity contribution is 6.01. The van der Waals surface area contributed by atoms with Crippen molar-refractivity contribution in [2.24, 2.45) is 5.92 Å². The number of H-pyrrole nitrogens is 1. The van der Waals surface area contributed by atoms with Gasteiger partial charge in [0.1, 0.15) is 0 Å². The van der Waals surface area contributed by atoms with Gasteiger partial charge in [-0.25, -0.2) is 0 Å². The van der Waals surface area contributed by atoms with Crippen molar-refractivity contribution in [3.05, 3.63) is 30.5 Å². The zero-order valence-corrected chi connectivity index (χ0v) is 10.2. The van der Waals surface area contributed by atoms with Crippen LogP contribution in [0.1, 0.15) is 12.8 Å². The third-order valence-corrected chi connectivity index (χ3v) is 3.50. The lowest BCUT2D eigenvalue weighted by atomic mass is 10.0. The predicted octanol–water partition coefficient (Wildman–Crippen LogP) is 2.11. The minimum atomic E-state index is 0.105. The average molecular weight is 243 g/mol. The molecular formula is C14H17N3O. The fourth-order valence-electron chi connectivity index (χ4n) is 2.53. The van der Waals surface area contributed by atoms with Crippen LogP contribution in [0, 0.1) is 5.92 Å². The molecule has 18 heavy (non-hydrogen) atoms.